The highest BCUT2D eigenvalue weighted by atomic mass is 16.5. The summed E-state index contributed by atoms with van der Waals surface area (Å²) in [5, 5.41) is 4.02. The van der Waals surface area contributed by atoms with Gasteiger partial charge in [0.1, 0.15) is 0 Å². The van der Waals surface area contributed by atoms with Crippen molar-refractivity contribution in [2.24, 2.45) is 18.2 Å². The summed E-state index contributed by atoms with van der Waals surface area (Å²) in [7, 11) is 1.87. The molecule has 0 radical (unpaired) electrons. The molecule has 0 fully saturated rings. The second kappa shape index (κ2) is 4.46. The van der Waals surface area contributed by atoms with Crippen molar-refractivity contribution >= 4 is 0 Å². The Bertz CT molecular complexity index is 281. The van der Waals surface area contributed by atoms with Gasteiger partial charge in [-0.15, -0.1) is 0 Å². The van der Waals surface area contributed by atoms with Crippen LogP contribution in [0.15, 0.2) is 12.4 Å². The molecule has 4 heteroatoms. The zero-order chi connectivity index (χ0) is 10.6. The lowest BCUT2D eigenvalue weighted by molar-refractivity contribution is 0.233. The molecule has 1 heterocycles. The summed E-state index contributed by atoms with van der Waals surface area (Å²) in [5.41, 5.74) is 5.77. The fourth-order valence-electron chi connectivity index (χ4n) is 1.02. The molecule has 0 aliphatic carbocycles. The Labute approximate surface area is 85.0 Å². The van der Waals surface area contributed by atoms with Gasteiger partial charge >= 0.3 is 0 Å². The maximum Gasteiger partial charge on any atom is 0.157 e. The lowest BCUT2D eigenvalue weighted by Crippen LogP contribution is -2.25. The van der Waals surface area contributed by atoms with Crippen molar-refractivity contribution in [2.75, 3.05) is 13.2 Å². The van der Waals surface area contributed by atoms with Gasteiger partial charge in [-0.05, 0) is 18.4 Å². The second-order valence-corrected chi connectivity index (χ2v) is 4.32. The molecule has 14 heavy (non-hydrogen) atoms. The highest BCUT2D eigenvalue weighted by Crippen LogP contribution is 2.18. The van der Waals surface area contributed by atoms with Crippen LogP contribution in [0.25, 0.3) is 0 Å². The van der Waals surface area contributed by atoms with Crippen LogP contribution < -0.4 is 10.5 Å². The highest BCUT2D eigenvalue weighted by Gasteiger charge is 2.15. The SMILES string of the molecule is Cn1cc(OCCC(C)(C)CN)cn1. The van der Waals surface area contributed by atoms with Gasteiger partial charge < -0.3 is 10.5 Å². The third kappa shape index (κ3) is 3.38. The summed E-state index contributed by atoms with van der Waals surface area (Å²) in [5.74, 6) is 0.820. The molecule has 0 bridgehead atoms. The van der Waals surface area contributed by atoms with Crippen LogP contribution in [0, 0.1) is 5.41 Å². The number of aryl methyl sites for hydroxylation is 1. The summed E-state index contributed by atoms with van der Waals surface area (Å²) >= 11 is 0. The van der Waals surface area contributed by atoms with E-state index in [4.69, 9.17) is 10.5 Å². The standard InChI is InChI=1S/C10H19N3O/c1-10(2,8-11)4-5-14-9-6-12-13(3)7-9/h6-7H,4-5,8,11H2,1-3H3. The number of nitrogens with two attached hydrogens (primary N) is 1. The maximum atomic E-state index is 5.62. The fourth-order valence-corrected chi connectivity index (χ4v) is 1.02. The topological polar surface area (TPSA) is 53.1 Å². The fraction of sp³-hybridized carbons (Fsp3) is 0.700. The van der Waals surface area contributed by atoms with Crippen molar-refractivity contribution in [3.05, 3.63) is 12.4 Å². The number of nitrogens with zero attached hydrogens (tertiary/aromatic N) is 2. The number of hydrogen-bond donors (Lipinski definition) is 1. The number of hydrogen-bond acceptors (Lipinski definition) is 3. The third-order valence-corrected chi connectivity index (χ3v) is 2.28. The summed E-state index contributed by atoms with van der Waals surface area (Å²) in [6, 6.07) is 0. The van der Waals surface area contributed by atoms with E-state index in [0.717, 1.165) is 12.2 Å². The van der Waals surface area contributed by atoms with Gasteiger partial charge in [0.25, 0.3) is 0 Å². The van der Waals surface area contributed by atoms with Gasteiger partial charge in [-0.3, -0.25) is 4.68 Å². The van der Waals surface area contributed by atoms with Crippen molar-refractivity contribution in [1.82, 2.24) is 9.78 Å². The van der Waals surface area contributed by atoms with E-state index >= 15 is 0 Å². The molecule has 80 valence electrons. The minimum absolute atomic E-state index is 0.155. The lowest BCUT2D eigenvalue weighted by atomic mass is 9.90. The molecule has 4 nitrogen and oxygen atoms in total. The van der Waals surface area contributed by atoms with Gasteiger partial charge in [-0.25, -0.2) is 0 Å². The molecule has 0 atom stereocenters. The Balaban J connectivity index is 2.28. The molecule has 0 amide bonds. The Morgan fingerprint density at radius 2 is 2.29 bits per heavy atom. The van der Waals surface area contributed by atoms with E-state index in [-0.39, 0.29) is 5.41 Å². The van der Waals surface area contributed by atoms with Crippen molar-refractivity contribution in [3.8, 4) is 5.75 Å². The van der Waals surface area contributed by atoms with Gasteiger partial charge in [-0.2, -0.15) is 5.10 Å². The van der Waals surface area contributed by atoms with Crippen molar-refractivity contribution in [3.63, 3.8) is 0 Å². The van der Waals surface area contributed by atoms with E-state index in [1.807, 2.05) is 13.2 Å². The molecule has 0 saturated carbocycles. The van der Waals surface area contributed by atoms with E-state index in [1.165, 1.54) is 0 Å². The van der Waals surface area contributed by atoms with Crippen molar-refractivity contribution < 1.29 is 4.74 Å². The molecular formula is C10H19N3O. The van der Waals surface area contributed by atoms with Gasteiger partial charge in [-0.1, -0.05) is 13.8 Å². The zero-order valence-electron chi connectivity index (χ0n) is 9.16. The summed E-state index contributed by atoms with van der Waals surface area (Å²) in [4.78, 5) is 0. The molecule has 1 aromatic rings. The normalized spacial score (nSPS) is 11.7. The van der Waals surface area contributed by atoms with Crippen LogP contribution in [0.3, 0.4) is 0 Å². The van der Waals surface area contributed by atoms with E-state index < -0.39 is 0 Å². The molecule has 2 N–H and O–H groups in total. The molecule has 0 unspecified atom stereocenters. The quantitative estimate of drug-likeness (QED) is 0.771. The lowest BCUT2D eigenvalue weighted by Gasteiger charge is -2.21. The monoisotopic (exact) mass is 197 g/mol. The predicted octanol–water partition coefficient (Wildman–Crippen LogP) is 1.17. The van der Waals surface area contributed by atoms with Gasteiger partial charge in [0, 0.05) is 7.05 Å². The molecule has 0 aliphatic rings. The van der Waals surface area contributed by atoms with Crippen LogP contribution >= 0.6 is 0 Å². The Kier molecular flexibility index (Phi) is 3.52. The Hall–Kier alpha value is -1.03. The summed E-state index contributed by atoms with van der Waals surface area (Å²) < 4.78 is 7.25. The van der Waals surface area contributed by atoms with Crippen molar-refractivity contribution in [2.45, 2.75) is 20.3 Å². The number of ether oxygens (including phenoxy) is 1. The van der Waals surface area contributed by atoms with Crippen LogP contribution in [0.5, 0.6) is 5.75 Å². The Morgan fingerprint density at radius 1 is 1.57 bits per heavy atom. The van der Waals surface area contributed by atoms with Gasteiger partial charge in [0.15, 0.2) is 5.75 Å². The van der Waals surface area contributed by atoms with E-state index in [9.17, 15) is 0 Å². The van der Waals surface area contributed by atoms with Crippen LogP contribution in [-0.4, -0.2) is 22.9 Å². The van der Waals surface area contributed by atoms with Crippen LogP contribution in [0.4, 0.5) is 0 Å². The molecule has 1 rings (SSSR count). The smallest absolute Gasteiger partial charge is 0.157 e. The van der Waals surface area contributed by atoms with Crippen LogP contribution in [-0.2, 0) is 7.05 Å². The molecule has 0 spiro atoms. The largest absolute Gasteiger partial charge is 0.490 e. The second-order valence-electron chi connectivity index (χ2n) is 4.32. The average Bonchev–Trinajstić information content (AvgIpc) is 2.51. The molecule has 0 aromatic carbocycles. The maximum absolute atomic E-state index is 5.62. The van der Waals surface area contributed by atoms with Crippen molar-refractivity contribution in [1.29, 1.82) is 0 Å². The summed E-state index contributed by atoms with van der Waals surface area (Å²) in [6.45, 7) is 5.65. The van der Waals surface area contributed by atoms with Gasteiger partial charge in [0.05, 0.1) is 19.0 Å². The zero-order valence-corrected chi connectivity index (χ0v) is 9.16. The molecule has 1 aromatic heterocycles. The first kappa shape index (κ1) is 11.0. The molecular weight excluding hydrogens is 178 g/mol. The highest BCUT2D eigenvalue weighted by molar-refractivity contribution is 5.11. The molecule has 0 saturated heterocycles. The first-order valence-corrected chi connectivity index (χ1v) is 4.85. The van der Waals surface area contributed by atoms with E-state index in [0.29, 0.717) is 13.2 Å². The predicted molar refractivity (Wildman–Crippen MR) is 56.2 cm³/mol. The minimum atomic E-state index is 0.155. The summed E-state index contributed by atoms with van der Waals surface area (Å²) in [6.07, 6.45) is 4.53. The Morgan fingerprint density at radius 3 is 2.79 bits per heavy atom. The average molecular weight is 197 g/mol. The van der Waals surface area contributed by atoms with Gasteiger partial charge in [0.2, 0.25) is 0 Å². The number of rotatable bonds is 5. The van der Waals surface area contributed by atoms with E-state index in [2.05, 4.69) is 18.9 Å². The minimum Gasteiger partial charge on any atom is -0.490 e. The first-order chi connectivity index (χ1) is 6.53. The third-order valence-electron chi connectivity index (χ3n) is 2.28. The molecule has 0 aliphatic heterocycles. The van der Waals surface area contributed by atoms with E-state index in [1.54, 1.807) is 10.9 Å². The van der Waals surface area contributed by atoms with Crippen LogP contribution in [0.1, 0.15) is 20.3 Å². The van der Waals surface area contributed by atoms with Crippen LogP contribution in [0.2, 0.25) is 0 Å². The number of aromatic nitrogens is 2. The first-order valence-electron chi connectivity index (χ1n) is 4.85.